The second kappa shape index (κ2) is 16.6. The Morgan fingerprint density at radius 3 is 2.20 bits per heavy atom. The maximum Gasteiger partial charge on any atom is 0.210 e. The van der Waals surface area contributed by atoms with E-state index in [2.05, 4.69) is 21.5 Å². The van der Waals surface area contributed by atoms with Crippen molar-refractivity contribution < 1.29 is 5.11 Å². The van der Waals surface area contributed by atoms with Gasteiger partial charge in [0.15, 0.2) is 0 Å². The van der Waals surface area contributed by atoms with Crippen molar-refractivity contribution in [1.82, 2.24) is 0 Å². The number of thioether (sulfide) groups is 1. The van der Waals surface area contributed by atoms with Gasteiger partial charge in [0, 0.05) is 10.8 Å². The Bertz CT molecular complexity index is 897. The Balaban J connectivity index is 0.00000129. The first-order valence-electron chi connectivity index (χ1n) is 9.86. The van der Waals surface area contributed by atoms with Crippen molar-refractivity contribution in [3.05, 3.63) is 47.8 Å². The molecule has 164 valence electrons. The lowest BCUT2D eigenvalue weighted by Gasteiger charge is -2.13. The molecule has 4 N–H and O–H groups in total. The molecule has 0 unspecified atom stereocenters. The standard InChI is InChI=1S/C16H14N4OS3.3C2H6/c1-18-16(19-17)23-13-9-12(20-24-14-7-4-8-22-14)10-5-2-3-6-11(10)15(13)21;3*1-2/h2-9,20-21H,1,17H2;3*1-2H3/b19-16+;;;. The van der Waals surface area contributed by atoms with Crippen molar-refractivity contribution in [2.45, 2.75) is 50.6 Å². The quantitative estimate of drug-likeness (QED) is 0.0697. The Hall–Kier alpha value is -2.16. The van der Waals surface area contributed by atoms with Crippen molar-refractivity contribution in [1.29, 1.82) is 0 Å². The van der Waals surface area contributed by atoms with Crippen molar-refractivity contribution in [2.75, 3.05) is 4.72 Å². The van der Waals surface area contributed by atoms with Crippen LogP contribution in [0.25, 0.3) is 10.8 Å². The monoisotopic (exact) mass is 464 g/mol. The largest absolute Gasteiger partial charge is 0.506 e. The number of benzene rings is 2. The van der Waals surface area contributed by atoms with Crippen LogP contribution >= 0.6 is 35.0 Å². The fourth-order valence-electron chi connectivity index (χ4n) is 2.12. The van der Waals surface area contributed by atoms with Gasteiger partial charge in [-0.2, -0.15) is 5.10 Å². The van der Waals surface area contributed by atoms with E-state index in [0.717, 1.165) is 20.7 Å². The molecule has 5 nitrogen and oxygen atoms in total. The van der Waals surface area contributed by atoms with Gasteiger partial charge in [0.25, 0.3) is 0 Å². The van der Waals surface area contributed by atoms with Gasteiger partial charge in [-0.15, -0.1) is 11.3 Å². The summed E-state index contributed by atoms with van der Waals surface area (Å²) in [4.78, 5) is 4.35. The van der Waals surface area contributed by atoms with Gasteiger partial charge in [0.05, 0.1) is 14.8 Å². The molecule has 0 amide bonds. The first kappa shape index (κ1) is 27.8. The SMILES string of the molecule is C=N/C(=N\N)Sc1cc(NSc2cccs2)c2ccccc2c1O.CC.CC.CC. The summed E-state index contributed by atoms with van der Waals surface area (Å²) < 4.78 is 4.50. The third-order valence-electron chi connectivity index (χ3n) is 3.18. The van der Waals surface area contributed by atoms with Crippen LogP contribution in [-0.2, 0) is 0 Å². The van der Waals surface area contributed by atoms with E-state index >= 15 is 0 Å². The highest BCUT2D eigenvalue weighted by atomic mass is 32.2. The summed E-state index contributed by atoms with van der Waals surface area (Å²) in [7, 11) is 0. The number of fused-ring (bicyclic) bond motifs is 1. The summed E-state index contributed by atoms with van der Waals surface area (Å²) in [6.07, 6.45) is 0. The third kappa shape index (κ3) is 7.93. The molecule has 0 aliphatic rings. The van der Waals surface area contributed by atoms with E-state index in [0.29, 0.717) is 4.90 Å². The van der Waals surface area contributed by atoms with Gasteiger partial charge in [-0.3, -0.25) is 0 Å². The van der Waals surface area contributed by atoms with Gasteiger partial charge < -0.3 is 15.7 Å². The molecule has 0 bridgehead atoms. The summed E-state index contributed by atoms with van der Waals surface area (Å²) in [6, 6.07) is 13.6. The number of nitrogens with two attached hydrogens (primary N) is 1. The van der Waals surface area contributed by atoms with Crippen LogP contribution in [0.1, 0.15) is 41.5 Å². The van der Waals surface area contributed by atoms with Gasteiger partial charge >= 0.3 is 0 Å². The molecule has 0 aliphatic heterocycles. The van der Waals surface area contributed by atoms with Crippen molar-refractivity contribution in [2.24, 2.45) is 15.9 Å². The van der Waals surface area contributed by atoms with Gasteiger partial charge in [-0.05, 0) is 47.9 Å². The predicted molar refractivity (Wildman–Crippen MR) is 140 cm³/mol. The molecule has 0 fully saturated rings. The molecule has 2 aromatic carbocycles. The van der Waals surface area contributed by atoms with Gasteiger partial charge in [0.2, 0.25) is 5.17 Å². The molecule has 8 heteroatoms. The Morgan fingerprint density at radius 1 is 1.03 bits per heavy atom. The average molecular weight is 465 g/mol. The lowest BCUT2D eigenvalue weighted by molar-refractivity contribution is 0.469. The van der Waals surface area contributed by atoms with Crippen LogP contribution in [0.15, 0.2) is 67.0 Å². The van der Waals surface area contributed by atoms with E-state index in [1.165, 1.54) is 23.7 Å². The van der Waals surface area contributed by atoms with Crippen molar-refractivity contribution in [3.8, 4) is 5.75 Å². The molecular formula is C22H32N4OS3. The Labute approximate surface area is 193 Å². The number of phenols is 1. The predicted octanol–water partition coefficient (Wildman–Crippen LogP) is 7.83. The highest BCUT2D eigenvalue weighted by Gasteiger charge is 2.14. The molecule has 0 spiro atoms. The molecular weight excluding hydrogens is 432 g/mol. The van der Waals surface area contributed by atoms with E-state index < -0.39 is 0 Å². The highest BCUT2D eigenvalue weighted by Crippen LogP contribution is 2.41. The van der Waals surface area contributed by atoms with E-state index in [1.807, 2.05) is 89.4 Å². The third-order valence-corrected chi connectivity index (χ3v) is 5.99. The van der Waals surface area contributed by atoms with Crippen LogP contribution in [-0.4, -0.2) is 17.0 Å². The molecule has 1 heterocycles. The maximum atomic E-state index is 10.6. The number of anilines is 1. The number of hydrazone groups is 1. The fourth-order valence-corrected chi connectivity index (χ4v) is 4.28. The smallest absolute Gasteiger partial charge is 0.210 e. The molecule has 1 aromatic heterocycles. The Kier molecular flexibility index (Phi) is 15.4. The van der Waals surface area contributed by atoms with Crippen LogP contribution in [0.4, 0.5) is 5.69 Å². The molecule has 0 atom stereocenters. The van der Waals surface area contributed by atoms with Gasteiger partial charge in [-0.1, -0.05) is 71.9 Å². The van der Waals surface area contributed by atoms with Crippen LogP contribution in [0.5, 0.6) is 5.75 Å². The van der Waals surface area contributed by atoms with E-state index in [4.69, 9.17) is 5.84 Å². The van der Waals surface area contributed by atoms with E-state index in [9.17, 15) is 5.11 Å². The summed E-state index contributed by atoms with van der Waals surface area (Å²) in [5.41, 5.74) is 0.893. The molecule has 3 rings (SSSR count). The number of nitrogens with one attached hydrogen (secondary N) is 1. The maximum absolute atomic E-state index is 10.6. The molecule has 0 saturated heterocycles. The zero-order chi connectivity index (χ0) is 22.9. The van der Waals surface area contributed by atoms with Crippen molar-refractivity contribution in [3.63, 3.8) is 0 Å². The normalized spacial score (nSPS) is 9.87. The fraction of sp³-hybridized carbons (Fsp3) is 0.273. The number of hydrogen-bond acceptors (Lipinski definition) is 7. The number of aromatic hydroxyl groups is 1. The second-order valence-electron chi connectivity index (χ2n) is 4.62. The number of thiophene rings is 1. The Morgan fingerprint density at radius 2 is 1.67 bits per heavy atom. The van der Waals surface area contributed by atoms with Gasteiger partial charge in [-0.25, -0.2) is 4.99 Å². The topological polar surface area (TPSA) is 83.0 Å². The van der Waals surface area contributed by atoms with E-state index in [-0.39, 0.29) is 10.9 Å². The average Bonchev–Trinajstić information content (AvgIpc) is 3.36. The van der Waals surface area contributed by atoms with Gasteiger partial charge in [0.1, 0.15) is 5.75 Å². The lowest BCUT2D eigenvalue weighted by Crippen LogP contribution is -1.94. The summed E-state index contributed by atoms with van der Waals surface area (Å²) in [5, 5.41) is 18.1. The zero-order valence-electron chi connectivity index (χ0n) is 18.5. The minimum atomic E-state index is 0.173. The molecule has 30 heavy (non-hydrogen) atoms. The minimum absolute atomic E-state index is 0.173. The highest BCUT2D eigenvalue weighted by molar-refractivity contribution is 8.14. The molecule has 0 radical (unpaired) electrons. The number of nitrogens with zero attached hydrogens (tertiary/aromatic N) is 2. The minimum Gasteiger partial charge on any atom is -0.506 e. The second-order valence-corrected chi connectivity index (χ2v) is 7.69. The molecule has 3 aromatic rings. The number of phenolic OH excluding ortho intramolecular Hbond substituents is 1. The number of hydrogen-bond donors (Lipinski definition) is 3. The molecule has 0 saturated carbocycles. The number of aliphatic imine (C=N–C) groups is 1. The van der Waals surface area contributed by atoms with E-state index in [1.54, 1.807) is 11.3 Å². The lowest BCUT2D eigenvalue weighted by atomic mass is 10.1. The zero-order valence-corrected chi connectivity index (χ0v) is 20.9. The van der Waals surface area contributed by atoms with Crippen molar-refractivity contribution >= 4 is 63.4 Å². The number of rotatable bonds is 4. The summed E-state index contributed by atoms with van der Waals surface area (Å²) in [6.45, 7) is 15.4. The van der Waals surface area contributed by atoms with Crippen LogP contribution in [0, 0.1) is 0 Å². The summed E-state index contributed by atoms with van der Waals surface area (Å²) in [5.74, 6) is 5.46. The first-order chi connectivity index (χ1) is 14.7. The van der Waals surface area contributed by atoms with Crippen LogP contribution in [0.2, 0.25) is 0 Å². The summed E-state index contributed by atoms with van der Waals surface area (Å²) >= 11 is 4.35. The first-order valence-corrected chi connectivity index (χ1v) is 12.4. The number of amidine groups is 1. The van der Waals surface area contributed by atoms with Crippen LogP contribution in [0.3, 0.4) is 0 Å². The molecule has 0 aliphatic carbocycles. The van der Waals surface area contributed by atoms with Crippen LogP contribution < -0.4 is 10.6 Å².